The van der Waals surface area contributed by atoms with E-state index in [2.05, 4.69) is 18.7 Å². The number of nitrogens with zero attached hydrogens (tertiary/aromatic N) is 1. The molecule has 0 radical (unpaired) electrons. The Balaban J connectivity index is 2.41. The van der Waals surface area contributed by atoms with Crippen LogP contribution in [0.1, 0.15) is 32.3 Å². The molecule has 20 heavy (non-hydrogen) atoms. The SMILES string of the molecule is CC(C)C1CCCN1c1cccc(Cl)c1C=CC(=O)O. The molecule has 1 fully saturated rings. The zero-order valence-electron chi connectivity index (χ0n) is 11.8. The predicted molar refractivity (Wildman–Crippen MR) is 83.3 cm³/mol. The first-order valence-electron chi connectivity index (χ1n) is 6.97. The average molecular weight is 294 g/mol. The molecule has 0 spiro atoms. The van der Waals surface area contributed by atoms with E-state index in [1.165, 1.54) is 6.42 Å². The lowest BCUT2D eigenvalue weighted by molar-refractivity contribution is -0.131. The van der Waals surface area contributed by atoms with Crippen molar-refractivity contribution in [3.8, 4) is 0 Å². The molecular weight excluding hydrogens is 274 g/mol. The van der Waals surface area contributed by atoms with Crippen LogP contribution >= 0.6 is 11.6 Å². The molecule has 1 aliphatic rings. The Morgan fingerprint density at radius 1 is 1.50 bits per heavy atom. The van der Waals surface area contributed by atoms with Crippen molar-refractivity contribution >= 4 is 29.3 Å². The zero-order valence-corrected chi connectivity index (χ0v) is 12.6. The van der Waals surface area contributed by atoms with Crippen molar-refractivity contribution in [1.82, 2.24) is 0 Å². The number of benzene rings is 1. The van der Waals surface area contributed by atoms with E-state index in [9.17, 15) is 4.79 Å². The summed E-state index contributed by atoms with van der Waals surface area (Å²) in [5, 5.41) is 9.41. The highest BCUT2D eigenvalue weighted by Gasteiger charge is 2.28. The van der Waals surface area contributed by atoms with Gasteiger partial charge in [0.25, 0.3) is 0 Å². The van der Waals surface area contributed by atoms with Crippen molar-refractivity contribution in [3.05, 3.63) is 34.9 Å². The molecule has 0 aromatic heterocycles. The topological polar surface area (TPSA) is 40.5 Å². The Kier molecular flexibility index (Phi) is 4.71. The van der Waals surface area contributed by atoms with Crippen LogP contribution in [0.3, 0.4) is 0 Å². The number of hydrogen-bond acceptors (Lipinski definition) is 2. The summed E-state index contributed by atoms with van der Waals surface area (Å²) in [5.74, 6) is -0.398. The first kappa shape index (κ1) is 14.9. The van der Waals surface area contributed by atoms with Gasteiger partial charge >= 0.3 is 5.97 Å². The summed E-state index contributed by atoms with van der Waals surface area (Å²) in [7, 11) is 0. The number of carboxylic acid groups (broad SMARTS) is 1. The Labute approximate surface area is 124 Å². The van der Waals surface area contributed by atoms with Gasteiger partial charge in [0.05, 0.1) is 0 Å². The minimum atomic E-state index is -0.960. The Morgan fingerprint density at radius 3 is 2.90 bits per heavy atom. The van der Waals surface area contributed by atoms with Crippen molar-refractivity contribution in [3.63, 3.8) is 0 Å². The largest absolute Gasteiger partial charge is 0.478 e. The number of anilines is 1. The fourth-order valence-corrected chi connectivity index (χ4v) is 3.11. The van der Waals surface area contributed by atoms with Crippen molar-refractivity contribution in [2.75, 3.05) is 11.4 Å². The van der Waals surface area contributed by atoms with Crippen LogP contribution in [0.2, 0.25) is 5.02 Å². The lowest BCUT2D eigenvalue weighted by Crippen LogP contribution is -2.33. The number of halogens is 1. The van der Waals surface area contributed by atoms with Crippen LogP contribution in [0.4, 0.5) is 5.69 Å². The van der Waals surface area contributed by atoms with E-state index in [0.29, 0.717) is 17.0 Å². The van der Waals surface area contributed by atoms with Gasteiger partial charge in [0, 0.05) is 34.9 Å². The van der Waals surface area contributed by atoms with Crippen LogP contribution in [0.5, 0.6) is 0 Å². The van der Waals surface area contributed by atoms with E-state index < -0.39 is 5.97 Å². The van der Waals surface area contributed by atoms with Crippen molar-refractivity contribution in [1.29, 1.82) is 0 Å². The molecule has 3 nitrogen and oxygen atoms in total. The van der Waals surface area contributed by atoms with E-state index >= 15 is 0 Å². The van der Waals surface area contributed by atoms with Crippen LogP contribution in [0.25, 0.3) is 6.08 Å². The molecule has 108 valence electrons. The number of rotatable bonds is 4. The van der Waals surface area contributed by atoms with Crippen molar-refractivity contribution in [2.24, 2.45) is 5.92 Å². The minimum Gasteiger partial charge on any atom is -0.478 e. The second-order valence-electron chi connectivity index (χ2n) is 5.49. The van der Waals surface area contributed by atoms with Gasteiger partial charge in [-0.1, -0.05) is 31.5 Å². The summed E-state index contributed by atoms with van der Waals surface area (Å²) >= 11 is 6.25. The summed E-state index contributed by atoms with van der Waals surface area (Å²) < 4.78 is 0. The Hall–Kier alpha value is -1.48. The molecule has 4 heteroatoms. The van der Waals surface area contributed by atoms with Crippen LogP contribution in [-0.2, 0) is 4.79 Å². The molecule has 1 atom stereocenters. The average Bonchev–Trinajstić information content (AvgIpc) is 2.86. The molecule has 2 rings (SSSR count). The van der Waals surface area contributed by atoms with Gasteiger partial charge in [-0.3, -0.25) is 0 Å². The second-order valence-corrected chi connectivity index (χ2v) is 5.90. The lowest BCUT2D eigenvalue weighted by Gasteiger charge is -2.31. The molecule has 0 saturated carbocycles. The van der Waals surface area contributed by atoms with Gasteiger partial charge in [0.1, 0.15) is 0 Å². The molecule has 1 N–H and O–H groups in total. The molecule has 1 aromatic rings. The molecule has 0 amide bonds. The highest BCUT2D eigenvalue weighted by atomic mass is 35.5. The molecule has 1 heterocycles. The van der Waals surface area contributed by atoms with E-state index in [-0.39, 0.29) is 0 Å². The van der Waals surface area contributed by atoms with Crippen LogP contribution < -0.4 is 4.90 Å². The fourth-order valence-electron chi connectivity index (χ4n) is 2.88. The van der Waals surface area contributed by atoms with Crippen LogP contribution in [0, 0.1) is 5.92 Å². The Bertz CT molecular complexity index is 525. The maximum absolute atomic E-state index is 10.7. The zero-order chi connectivity index (χ0) is 14.7. The third-order valence-corrected chi connectivity index (χ3v) is 4.13. The minimum absolute atomic E-state index is 0.491. The molecule has 1 unspecified atom stereocenters. The van der Waals surface area contributed by atoms with E-state index in [1.54, 1.807) is 12.1 Å². The quantitative estimate of drug-likeness (QED) is 0.851. The third kappa shape index (κ3) is 3.15. The van der Waals surface area contributed by atoms with E-state index in [1.807, 2.05) is 12.1 Å². The summed E-state index contributed by atoms with van der Waals surface area (Å²) in [6, 6.07) is 6.23. The Morgan fingerprint density at radius 2 is 2.25 bits per heavy atom. The lowest BCUT2D eigenvalue weighted by atomic mass is 10.0. The molecule has 1 saturated heterocycles. The molecule has 0 bridgehead atoms. The summed E-state index contributed by atoms with van der Waals surface area (Å²) in [6.45, 7) is 5.44. The van der Waals surface area contributed by atoms with Crippen LogP contribution in [0.15, 0.2) is 24.3 Å². The molecule has 1 aromatic carbocycles. The fraction of sp³-hybridized carbons (Fsp3) is 0.438. The molecule has 1 aliphatic heterocycles. The summed E-state index contributed by atoms with van der Waals surface area (Å²) in [6.07, 6.45) is 5.07. The predicted octanol–water partition coefficient (Wildman–Crippen LogP) is 4.06. The van der Waals surface area contributed by atoms with Gasteiger partial charge < -0.3 is 10.0 Å². The monoisotopic (exact) mass is 293 g/mol. The third-order valence-electron chi connectivity index (χ3n) is 3.80. The first-order chi connectivity index (χ1) is 9.50. The summed E-state index contributed by atoms with van der Waals surface area (Å²) in [5.41, 5.74) is 1.83. The van der Waals surface area contributed by atoms with Gasteiger partial charge in [0.2, 0.25) is 0 Å². The maximum atomic E-state index is 10.7. The van der Waals surface area contributed by atoms with Gasteiger partial charge in [0.15, 0.2) is 0 Å². The molecule has 0 aliphatic carbocycles. The van der Waals surface area contributed by atoms with E-state index in [4.69, 9.17) is 16.7 Å². The number of hydrogen-bond donors (Lipinski definition) is 1. The maximum Gasteiger partial charge on any atom is 0.328 e. The number of carbonyl (C=O) groups is 1. The number of carboxylic acids is 1. The van der Waals surface area contributed by atoms with Gasteiger partial charge in [-0.05, 0) is 37.0 Å². The first-order valence-corrected chi connectivity index (χ1v) is 7.34. The molecular formula is C16H20ClNO2. The van der Waals surface area contributed by atoms with Gasteiger partial charge in [-0.15, -0.1) is 0 Å². The highest BCUT2D eigenvalue weighted by molar-refractivity contribution is 6.32. The van der Waals surface area contributed by atoms with Crippen molar-refractivity contribution < 1.29 is 9.90 Å². The number of aliphatic carboxylic acids is 1. The second kappa shape index (κ2) is 6.31. The van der Waals surface area contributed by atoms with E-state index in [0.717, 1.165) is 30.3 Å². The van der Waals surface area contributed by atoms with Crippen LogP contribution in [-0.4, -0.2) is 23.7 Å². The normalized spacial score (nSPS) is 19.2. The van der Waals surface area contributed by atoms with Crippen molar-refractivity contribution in [2.45, 2.75) is 32.7 Å². The summed E-state index contributed by atoms with van der Waals surface area (Å²) in [4.78, 5) is 13.1. The highest BCUT2D eigenvalue weighted by Crippen LogP contribution is 2.35. The standard InChI is InChI=1S/C16H20ClNO2/c1-11(2)14-7-4-10-18(14)15-6-3-5-13(17)12(15)8-9-16(19)20/h3,5-6,8-9,11,14H,4,7,10H2,1-2H3,(H,19,20). The van der Waals surface area contributed by atoms with Gasteiger partial charge in [-0.2, -0.15) is 0 Å². The smallest absolute Gasteiger partial charge is 0.328 e. The van der Waals surface area contributed by atoms with Gasteiger partial charge in [-0.25, -0.2) is 4.79 Å².